The maximum absolute atomic E-state index is 12.0. The molecule has 0 aliphatic heterocycles. The minimum Gasteiger partial charge on any atom is -0.466 e. The first-order chi connectivity index (χ1) is 21.6. The van der Waals surface area contributed by atoms with Crippen LogP contribution in [0.1, 0.15) is 232 Å². The average molecular weight is 625 g/mol. The molecule has 0 spiro atoms. The Morgan fingerprint density at radius 1 is 0.409 bits per heavy atom. The summed E-state index contributed by atoms with van der Waals surface area (Å²) in [7, 11) is 0. The Labute approximate surface area is 276 Å². The molecule has 0 saturated carbocycles. The summed E-state index contributed by atoms with van der Waals surface area (Å²) in [6, 6.07) is 0. The molecule has 0 amide bonds. The summed E-state index contributed by atoms with van der Waals surface area (Å²) in [5.41, 5.74) is 0. The molecular weight excluding hydrogens is 544 g/mol. The van der Waals surface area contributed by atoms with E-state index in [0.717, 1.165) is 51.4 Å². The standard InChI is InChI=1S/C40H80O4/c1-3-5-7-9-11-12-13-14-15-16-17-18-22-25-29-33-37-44-40(43)36-32-28-24-21-19-20-23-27-31-35-39(42)38(41)34-30-26-10-8-6-4-2/h38-39,41-42H,3-37H2,1-2H3. The Kier molecular flexibility index (Phi) is 36.3. The normalized spacial score (nSPS) is 12.9. The summed E-state index contributed by atoms with van der Waals surface area (Å²) in [4.78, 5) is 12.0. The number of hydrogen-bond donors (Lipinski definition) is 2. The first-order valence-electron chi connectivity index (χ1n) is 20.1. The monoisotopic (exact) mass is 625 g/mol. The molecule has 0 aromatic rings. The van der Waals surface area contributed by atoms with E-state index < -0.39 is 12.2 Å². The number of aliphatic hydroxyl groups excluding tert-OH is 2. The van der Waals surface area contributed by atoms with Crippen molar-refractivity contribution >= 4 is 5.97 Å². The predicted octanol–water partition coefficient (Wildman–Crippen LogP) is 12.6. The smallest absolute Gasteiger partial charge is 0.305 e. The van der Waals surface area contributed by atoms with Gasteiger partial charge in [-0.2, -0.15) is 0 Å². The van der Waals surface area contributed by atoms with Gasteiger partial charge in [-0.3, -0.25) is 4.79 Å². The highest BCUT2D eigenvalue weighted by Gasteiger charge is 2.15. The molecule has 0 heterocycles. The fourth-order valence-corrected chi connectivity index (χ4v) is 6.29. The zero-order chi connectivity index (χ0) is 32.2. The van der Waals surface area contributed by atoms with Crippen LogP contribution < -0.4 is 0 Å². The molecule has 2 N–H and O–H groups in total. The van der Waals surface area contributed by atoms with Crippen LogP contribution in [0.3, 0.4) is 0 Å². The highest BCUT2D eigenvalue weighted by Crippen LogP contribution is 2.17. The zero-order valence-corrected chi connectivity index (χ0v) is 30.1. The van der Waals surface area contributed by atoms with Gasteiger partial charge in [0.25, 0.3) is 0 Å². The highest BCUT2D eigenvalue weighted by atomic mass is 16.5. The van der Waals surface area contributed by atoms with Gasteiger partial charge < -0.3 is 14.9 Å². The maximum atomic E-state index is 12.0. The van der Waals surface area contributed by atoms with Crippen molar-refractivity contribution in [3.63, 3.8) is 0 Å². The lowest BCUT2D eigenvalue weighted by Crippen LogP contribution is -2.25. The number of carbonyl (C=O) groups excluding carboxylic acids is 1. The minimum atomic E-state index is -0.550. The molecule has 4 nitrogen and oxygen atoms in total. The third-order valence-electron chi connectivity index (χ3n) is 9.44. The minimum absolute atomic E-state index is 0.00904. The van der Waals surface area contributed by atoms with Gasteiger partial charge in [-0.1, -0.05) is 200 Å². The summed E-state index contributed by atoms with van der Waals surface area (Å²) in [6.45, 7) is 5.12. The van der Waals surface area contributed by atoms with Crippen molar-refractivity contribution in [2.24, 2.45) is 0 Å². The van der Waals surface area contributed by atoms with Gasteiger partial charge in [0.05, 0.1) is 18.8 Å². The van der Waals surface area contributed by atoms with E-state index in [1.807, 2.05) is 0 Å². The first kappa shape index (κ1) is 43.4. The molecule has 4 heteroatoms. The predicted molar refractivity (Wildman–Crippen MR) is 191 cm³/mol. The molecule has 0 radical (unpaired) electrons. The third kappa shape index (κ3) is 34.3. The van der Waals surface area contributed by atoms with Crippen molar-refractivity contribution in [2.45, 2.75) is 244 Å². The fraction of sp³-hybridized carbons (Fsp3) is 0.975. The number of unbranched alkanes of at least 4 members (excludes halogenated alkanes) is 28. The Bertz CT molecular complexity index is 551. The van der Waals surface area contributed by atoms with Crippen molar-refractivity contribution in [3.05, 3.63) is 0 Å². The second kappa shape index (κ2) is 36.9. The molecule has 0 aromatic heterocycles. The van der Waals surface area contributed by atoms with Gasteiger partial charge in [0, 0.05) is 6.42 Å². The van der Waals surface area contributed by atoms with Crippen LogP contribution >= 0.6 is 0 Å². The second-order valence-electron chi connectivity index (χ2n) is 13.9. The SMILES string of the molecule is CCCCCCCCCCCCCCCCCCOC(=O)CCCCCCCCCCCC(O)C(O)CCCCCCCC. The number of carbonyl (C=O) groups is 1. The number of aliphatic hydroxyl groups is 2. The van der Waals surface area contributed by atoms with Gasteiger partial charge in [-0.05, 0) is 25.7 Å². The van der Waals surface area contributed by atoms with Crippen molar-refractivity contribution in [1.82, 2.24) is 0 Å². The van der Waals surface area contributed by atoms with Crippen LogP contribution in [0, 0.1) is 0 Å². The lowest BCUT2D eigenvalue weighted by atomic mass is 9.99. The number of esters is 1. The van der Waals surface area contributed by atoms with Gasteiger partial charge in [0.2, 0.25) is 0 Å². The molecule has 2 unspecified atom stereocenters. The summed E-state index contributed by atoms with van der Waals surface area (Å²) in [5.74, 6) is -0.00904. The fourth-order valence-electron chi connectivity index (χ4n) is 6.29. The van der Waals surface area contributed by atoms with Gasteiger partial charge in [0.1, 0.15) is 0 Å². The van der Waals surface area contributed by atoms with E-state index in [-0.39, 0.29) is 5.97 Å². The number of rotatable bonds is 37. The molecule has 44 heavy (non-hydrogen) atoms. The van der Waals surface area contributed by atoms with E-state index in [2.05, 4.69) is 13.8 Å². The van der Waals surface area contributed by atoms with Gasteiger partial charge in [-0.25, -0.2) is 0 Å². The molecule has 0 aliphatic carbocycles. The molecule has 0 saturated heterocycles. The first-order valence-corrected chi connectivity index (χ1v) is 20.1. The molecule has 2 atom stereocenters. The summed E-state index contributed by atoms with van der Waals surface area (Å²) < 4.78 is 5.44. The van der Waals surface area contributed by atoms with Gasteiger partial charge >= 0.3 is 5.97 Å². The molecular formula is C40H80O4. The van der Waals surface area contributed by atoms with E-state index in [0.29, 0.717) is 13.0 Å². The molecule has 0 fully saturated rings. The van der Waals surface area contributed by atoms with Crippen molar-refractivity contribution in [1.29, 1.82) is 0 Å². The Balaban J connectivity index is 3.28. The van der Waals surface area contributed by atoms with E-state index in [1.54, 1.807) is 0 Å². The van der Waals surface area contributed by atoms with Crippen LogP contribution in [0.4, 0.5) is 0 Å². The molecule has 0 rings (SSSR count). The van der Waals surface area contributed by atoms with E-state index in [4.69, 9.17) is 4.74 Å². The van der Waals surface area contributed by atoms with Crippen LogP contribution in [-0.4, -0.2) is 35.0 Å². The summed E-state index contributed by atoms with van der Waals surface area (Å²) in [5, 5.41) is 20.4. The van der Waals surface area contributed by atoms with E-state index >= 15 is 0 Å². The van der Waals surface area contributed by atoms with Gasteiger partial charge in [0.15, 0.2) is 0 Å². The largest absolute Gasteiger partial charge is 0.466 e. The summed E-state index contributed by atoms with van der Waals surface area (Å²) in [6.07, 6.45) is 40.5. The maximum Gasteiger partial charge on any atom is 0.305 e. The number of ether oxygens (including phenoxy) is 1. The van der Waals surface area contributed by atoms with Crippen molar-refractivity contribution < 1.29 is 19.7 Å². The van der Waals surface area contributed by atoms with Crippen LogP contribution in [0.15, 0.2) is 0 Å². The van der Waals surface area contributed by atoms with Crippen molar-refractivity contribution in [2.75, 3.05) is 6.61 Å². The third-order valence-corrected chi connectivity index (χ3v) is 9.44. The topological polar surface area (TPSA) is 66.8 Å². The van der Waals surface area contributed by atoms with E-state index in [9.17, 15) is 15.0 Å². The van der Waals surface area contributed by atoms with Crippen molar-refractivity contribution in [3.8, 4) is 0 Å². The molecule has 264 valence electrons. The second-order valence-corrected chi connectivity index (χ2v) is 13.9. The highest BCUT2D eigenvalue weighted by molar-refractivity contribution is 5.69. The molecule has 0 aliphatic rings. The Morgan fingerprint density at radius 2 is 0.682 bits per heavy atom. The molecule has 0 aromatic carbocycles. The van der Waals surface area contributed by atoms with Crippen LogP contribution in [0.2, 0.25) is 0 Å². The van der Waals surface area contributed by atoms with Crippen LogP contribution in [0.5, 0.6) is 0 Å². The number of hydrogen-bond acceptors (Lipinski definition) is 4. The quantitative estimate of drug-likeness (QED) is 0.0533. The van der Waals surface area contributed by atoms with Gasteiger partial charge in [-0.15, -0.1) is 0 Å². The zero-order valence-electron chi connectivity index (χ0n) is 30.1. The van der Waals surface area contributed by atoms with E-state index in [1.165, 1.54) is 161 Å². The van der Waals surface area contributed by atoms with Crippen LogP contribution in [0.25, 0.3) is 0 Å². The Morgan fingerprint density at radius 3 is 1.02 bits per heavy atom. The lowest BCUT2D eigenvalue weighted by molar-refractivity contribution is -0.143. The summed E-state index contributed by atoms with van der Waals surface area (Å²) >= 11 is 0. The Hall–Kier alpha value is -0.610. The van der Waals surface area contributed by atoms with Crippen LogP contribution in [-0.2, 0) is 9.53 Å². The lowest BCUT2D eigenvalue weighted by Gasteiger charge is -2.17. The molecule has 0 bridgehead atoms. The average Bonchev–Trinajstić information content (AvgIpc) is 3.02.